The molecule has 3 nitrogen and oxygen atoms in total. The van der Waals surface area contributed by atoms with E-state index in [1.165, 1.54) is 0 Å². The van der Waals surface area contributed by atoms with Gasteiger partial charge in [0.15, 0.2) is 0 Å². The maximum absolute atomic E-state index is 11.8. The SMILES string of the molecule is O=C(Cc1ccc(Br)cc1)NCc1ccc(CO)cc1. The number of hydrogen-bond donors (Lipinski definition) is 2. The molecule has 0 saturated carbocycles. The van der Waals surface area contributed by atoms with Gasteiger partial charge in [0, 0.05) is 11.0 Å². The summed E-state index contributed by atoms with van der Waals surface area (Å²) in [5.41, 5.74) is 2.88. The highest BCUT2D eigenvalue weighted by Crippen LogP contribution is 2.11. The standard InChI is InChI=1S/C16H16BrNO2/c17-15-7-5-12(6-8-15)9-16(20)18-10-13-1-3-14(11-19)4-2-13/h1-8,19H,9-11H2,(H,18,20). The Morgan fingerprint density at radius 2 is 1.50 bits per heavy atom. The summed E-state index contributed by atoms with van der Waals surface area (Å²) in [5, 5.41) is 11.8. The summed E-state index contributed by atoms with van der Waals surface area (Å²) in [5.74, 6) is -0.00134. The minimum absolute atomic E-state index is 0.00134. The quantitative estimate of drug-likeness (QED) is 0.883. The molecule has 0 fully saturated rings. The molecule has 0 aliphatic heterocycles. The number of aliphatic hydroxyl groups is 1. The highest BCUT2D eigenvalue weighted by Gasteiger charge is 2.03. The predicted molar refractivity (Wildman–Crippen MR) is 82.1 cm³/mol. The minimum Gasteiger partial charge on any atom is -0.392 e. The third-order valence-electron chi connectivity index (χ3n) is 2.97. The van der Waals surface area contributed by atoms with Crippen LogP contribution in [0.5, 0.6) is 0 Å². The van der Waals surface area contributed by atoms with Crippen molar-refractivity contribution in [3.05, 3.63) is 69.7 Å². The lowest BCUT2D eigenvalue weighted by molar-refractivity contribution is -0.120. The van der Waals surface area contributed by atoms with Gasteiger partial charge in [-0.3, -0.25) is 4.79 Å². The van der Waals surface area contributed by atoms with E-state index in [1.54, 1.807) is 0 Å². The molecule has 0 radical (unpaired) electrons. The van der Waals surface area contributed by atoms with Crippen LogP contribution in [0.4, 0.5) is 0 Å². The van der Waals surface area contributed by atoms with Crippen molar-refractivity contribution < 1.29 is 9.90 Å². The van der Waals surface area contributed by atoms with Crippen LogP contribution in [0.3, 0.4) is 0 Å². The van der Waals surface area contributed by atoms with E-state index in [0.29, 0.717) is 13.0 Å². The Balaban J connectivity index is 1.83. The zero-order chi connectivity index (χ0) is 14.4. The van der Waals surface area contributed by atoms with Crippen LogP contribution in [0.25, 0.3) is 0 Å². The van der Waals surface area contributed by atoms with Gasteiger partial charge in [-0.15, -0.1) is 0 Å². The van der Waals surface area contributed by atoms with Crippen LogP contribution in [0, 0.1) is 0 Å². The first-order valence-electron chi connectivity index (χ1n) is 6.37. The van der Waals surface area contributed by atoms with Gasteiger partial charge in [0.25, 0.3) is 0 Å². The fraction of sp³-hybridized carbons (Fsp3) is 0.188. The summed E-state index contributed by atoms with van der Waals surface area (Å²) < 4.78 is 1.01. The number of amides is 1. The second-order valence-corrected chi connectivity index (χ2v) is 5.47. The number of aliphatic hydroxyl groups excluding tert-OH is 1. The average molecular weight is 334 g/mol. The van der Waals surface area contributed by atoms with Gasteiger partial charge in [-0.2, -0.15) is 0 Å². The van der Waals surface area contributed by atoms with Crippen LogP contribution in [0.2, 0.25) is 0 Å². The van der Waals surface area contributed by atoms with Gasteiger partial charge in [-0.25, -0.2) is 0 Å². The number of benzene rings is 2. The summed E-state index contributed by atoms with van der Waals surface area (Å²) in [6.45, 7) is 0.539. The molecule has 0 unspecified atom stereocenters. The average Bonchev–Trinajstić information content (AvgIpc) is 2.48. The Labute approximate surface area is 126 Å². The molecule has 104 valence electrons. The third-order valence-corrected chi connectivity index (χ3v) is 3.50. The number of halogens is 1. The van der Waals surface area contributed by atoms with Crippen LogP contribution < -0.4 is 5.32 Å². The van der Waals surface area contributed by atoms with E-state index < -0.39 is 0 Å². The zero-order valence-corrected chi connectivity index (χ0v) is 12.6. The van der Waals surface area contributed by atoms with Crippen LogP contribution in [0.1, 0.15) is 16.7 Å². The van der Waals surface area contributed by atoms with E-state index in [0.717, 1.165) is 21.2 Å². The molecular formula is C16H16BrNO2. The molecule has 2 N–H and O–H groups in total. The number of carbonyl (C=O) groups is 1. The second kappa shape index (κ2) is 7.22. The Morgan fingerprint density at radius 3 is 2.10 bits per heavy atom. The lowest BCUT2D eigenvalue weighted by atomic mass is 10.1. The van der Waals surface area contributed by atoms with Crippen molar-refractivity contribution in [3.63, 3.8) is 0 Å². The predicted octanol–water partition coefficient (Wildman–Crippen LogP) is 2.80. The Morgan fingerprint density at radius 1 is 0.950 bits per heavy atom. The lowest BCUT2D eigenvalue weighted by Gasteiger charge is -2.06. The normalized spacial score (nSPS) is 10.3. The van der Waals surface area contributed by atoms with Crippen molar-refractivity contribution in [2.24, 2.45) is 0 Å². The van der Waals surface area contributed by atoms with Gasteiger partial charge in [-0.1, -0.05) is 52.3 Å². The summed E-state index contributed by atoms with van der Waals surface area (Å²) in [6.07, 6.45) is 0.377. The van der Waals surface area contributed by atoms with E-state index in [4.69, 9.17) is 5.11 Å². The van der Waals surface area contributed by atoms with Crippen LogP contribution in [0.15, 0.2) is 53.0 Å². The van der Waals surface area contributed by atoms with E-state index in [1.807, 2.05) is 48.5 Å². The van der Waals surface area contributed by atoms with Crippen molar-refractivity contribution in [3.8, 4) is 0 Å². The number of nitrogens with one attached hydrogen (secondary N) is 1. The molecule has 0 bridgehead atoms. The van der Waals surface area contributed by atoms with Crippen molar-refractivity contribution in [2.45, 2.75) is 19.6 Å². The summed E-state index contributed by atoms with van der Waals surface area (Å²) in [7, 11) is 0. The van der Waals surface area contributed by atoms with Gasteiger partial charge < -0.3 is 10.4 Å². The molecule has 0 atom stereocenters. The first-order valence-corrected chi connectivity index (χ1v) is 7.16. The molecule has 2 rings (SSSR count). The van der Waals surface area contributed by atoms with Gasteiger partial charge in [-0.05, 0) is 28.8 Å². The molecule has 0 aliphatic rings. The Hall–Kier alpha value is -1.65. The van der Waals surface area contributed by atoms with Crippen molar-refractivity contribution in [1.29, 1.82) is 0 Å². The lowest BCUT2D eigenvalue weighted by Crippen LogP contribution is -2.24. The van der Waals surface area contributed by atoms with Gasteiger partial charge >= 0.3 is 0 Å². The molecule has 2 aromatic carbocycles. The summed E-state index contributed by atoms with van der Waals surface area (Å²) in [6, 6.07) is 15.2. The van der Waals surface area contributed by atoms with Gasteiger partial charge in [0.1, 0.15) is 0 Å². The smallest absolute Gasteiger partial charge is 0.224 e. The first kappa shape index (κ1) is 14.8. The van der Waals surface area contributed by atoms with Crippen molar-refractivity contribution in [2.75, 3.05) is 0 Å². The summed E-state index contributed by atoms with van der Waals surface area (Å²) >= 11 is 3.37. The number of rotatable bonds is 5. The van der Waals surface area contributed by atoms with Crippen molar-refractivity contribution >= 4 is 21.8 Å². The van der Waals surface area contributed by atoms with Crippen LogP contribution in [-0.4, -0.2) is 11.0 Å². The highest BCUT2D eigenvalue weighted by atomic mass is 79.9. The van der Waals surface area contributed by atoms with Crippen LogP contribution in [-0.2, 0) is 24.4 Å². The van der Waals surface area contributed by atoms with Crippen LogP contribution >= 0.6 is 15.9 Å². The molecule has 2 aromatic rings. The molecule has 0 aromatic heterocycles. The molecule has 0 aliphatic carbocycles. The van der Waals surface area contributed by atoms with E-state index >= 15 is 0 Å². The molecule has 4 heteroatoms. The fourth-order valence-electron chi connectivity index (χ4n) is 1.81. The topological polar surface area (TPSA) is 49.3 Å². The molecule has 0 heterocycles. The number of carbonyl (C=O) groups excluding carboxylic acids is 1. The minimum atomic E-state index is -0.00134. The molecule has 0 saturated heterocycles. The van der Waals surface area contributed by atoms with Gasteiger partial charge in [0.05, 0.1) is 13.0 Å². The van der Waals surface area contributed by atoms with E-state index in [2.05, 4.69) is 21.2 Å². The van der Waals surface area contributed by atoms with Gasteiger partial charge in [0.2, 0.25) is 5.91 Å². The highest BCUT2D eigenvalue weighted by molar-refractivity contribution is 9.10. The second-order valence-electron chi connectivity index (χ2n) is 4.55. The number of hydrogen-bond acceptors (Lipinski definition) is 2. The maximum atomic E-state index is 11.8. The molecular weight excluding hydrogens is 318 g/mol. The largest absolute Gasteiger partial charge is 0.392 e. The third kappa shape index (κ3) is 4.47. The van der Waals surface area contributed by atoms with E-state index in [-0.39, 0.29) is 12.5 Å². The maximum Gasteiger partial charge on any atom is 0.224 e. The molecule has 0 spiro atoms. The van der Waals surface area contributed by atoms with Crippen molar-refractivity contribution in [1.82, 2.24) is 5.32 Å². The van der Waals surface area contributed by atoms with E-state index in [9.17, 15) is 4.79 Å². The molecule has 20 heavy (non-hydrogen) atoms. The Bertz CT molecular complexity index is 564. The summed E-state index contributed by atoms with van der Waals surface area (Å²) in [4.78, 5) is 11.8. The first-order chi connectivity index (χ1) is 9.67. The zero-order valence-electron chi connectivity index (χ0n) is 11.0. The fourth-order valence-corrected chi connectivity index (χ4v) is 2.08. The monoisotopic (exact) mass is 333 g/mol. The Kier molecular flexibility index (Phi) is 5.32. The molecule has 1 amide bonds.